The molecule has 0 saturated heterocycles. The zero-order valence-electron chi connectivity index (χ0n) is 8.61. The van der Waals surface area contributed by atoms with Crippen molar-refractivity contribution in [1.29, 1.82) is 0 Å². The van der Waals surface area contributed by atoms with E-state index >= 15 is 0 Å². The van der Waals surface area contributed by atoms with E-state index in [1.54, 1.807) is 0 Å². The largest absolute Gasteiger partial charge is 0.493 e. The van der Waals surface area contributed by atoms with Crippen LogP contribution in [0.1, 0.15) is 10.4 Å². The molecule has 0 aliphatic heterocycles. The summed E-state index contributed by atoms with van der Waals surface area (Å²) in [6.07, 6.45) is 0. The van der Waals surface area contributed by atoms with Crippen molar-refractivity contribution in [3.8, 4) is 11.5 Å². The SMILES string of the molecule is COc1cc(C(=O)C(=O)O)cc(Br)c1OC. The highest BCUT2D eigenvalue weighted by molar-refractivity contribution is 9.10. The molecule has 0 heterocycles. The fraction of sp³-hybridized carbons (Fsp3) is 0.200. The number of methoxy groups -OCH3 is 2. The Kier molecular flexibility index (Phi) is 3.89. The van der Waals surface area contributed by atoms with Crippen LogP contribution in [0.3, 0.4) is 0 Å². The second-order valence-electron chi connectivity index (χ2n) is 2.83. The third-order valence-corrected chi connectivity index (χ3v) is 2.48. The minimum Gasteiger partial charge on any atom is -0.493 e. The van der Waals surface area contributed by atoms with Gasteiger partial charge in [-0.2, -0.15) is 0 Å². The summed E-state index contributed by atoms with van der Waals surface area (Å²) in [7, 11) is 2.85. The number of carbonyl (C=O) groups is 2. The number of halogens is 1. The molecule has 0 aromatic heterocycles. The average Bonchev–Trinajstić information content (AvgIpc) is 2.26. The second-order valence-corrected chi connectivity index (χ2v) is 3.68. The van der Waals surface area contributed by atoms with E-state index < -0.39 is 11.8 Å². The fourth-order valence-electron chi connectivity index (χ4n) is 1.17. The van der Waals surface area contributed by atoms with Crippen molar-refractivity contribution in [1.82, 2.24) is 0 Å². The number of Topliss-reactive ketones (excluding diaryl/α,β-unsaturated/α-hetero) is 1. The van der Waals surface area contributed by atoms with Crippen molar-refractivity contribution < 1.29 is 24.2 Å². The number of carbonyl (C=O) groups excluding carboxylic acids is 1. The number of ketones is 1. The molecule has 0 amide bonds. The first kappa shape index (κ1) is 12.5. The molecule has 0 spiro atoms. The monoisotopic (exact) mass is 288 g/mol. The fourth-order valence-corrected chi connectivity index (χ4v) is 1.78. The summed E-state index contributed by atoms with van der Waals surface area (Å²) in [4.78, 5) is 21.8. The van der Waals surface area contributed by atoms with E-state index in [-0.39, 0.29) is 5.56 Å². The molecule has 0 atom stereocenters. The first-order valence-corrected chi connectivity index (χ1v) is 4.99. The molecule has 0 radical (unpaired) electrons. The van der Waals surface area contributed by atoms with Gasteiger partial charge in [-0.15, -0.1) is 0 Å². The minimum atomic E-state index is -1.51. The van der Waals surface area contributed by atoms with Gasteiger partial charge < -0.3 is 14.6 Å². The maximum atomic E-state index is 11.2. The van der Waals surface area contributed by atoms with Gasteiger partial charge in [-0.1, -0.05) is 0 Å². The van der Waals surface area contributed by atoms with E-state index in [2.05, 4.69) is 15.9 Å². The Balaban J connectivity index is 3.31. The van der Waals surface area contributed by atoms with Crippen LogP contribution in [-0.2, 0) is 4.79 Å². The van der Waals surface area contributed by atoms with Crippen LogP contribution in [0.2, 0.25) is 0 Å². The average molecular weight is 289 g/mol. The number of ether oxygens (including phenoxy) is 2. The Labute approximate surface area is 100 Å². The molecular formula is C10H9BrO5. The molecule has 86 valence electrons. The molecule has 0 aliphatic rings. The molecular weight excluding hydrogens is 280 g/mol. The number of hydrogen-bond donors (Lipinski definition) is 1. The summed E-state index contributed by atoms with van der Waals surface area (Å²) in [5.41, 5.74) is 0.0250. The third kappa shape index (κ3) is 2.33. The Morgan fingerprint density at radius 3 is 2.31 bits per heavy atom. The third-order valence-electron chi connectivity index (χ3n) is 1.89. The van der Waals surface area contributed by atoms with Gasteiger partial charge in [-0.05, 0) is 28.1 Å². The molecule has 0 aliphatic carbocycles. The van der Waals surface area contributed by atoms with Crippen LogP contribution in [0.5, 0.6) is 11.5 Å². The number of carboxylic acids is 1. The standard InChI is InChI=1S/C10H9BrO5/c1-15-7-4-5(8(12)10(13)14)3-6(11)9(7)16-2/h3-4H,1-2H3,(H,13,14). The Bertz CT molecular complexity index is 441. The smallest absolute Gasteiger partial charge is 0.377 e. The Hall–Kier alpha value is -1.56. The molecule has 5 nitrogen and oxygen atoms in total. The lowest BCUT2D eigenvalue weighted by Crippen LogP contribution is -2.13. The molecule has 1 aromatic carbocycles. The number of carboxylic acid groups (broad SMARTS) is 1. The van der Waals surface area contributed by atoms with E-state index in [9.17, 15) is 9.59 Å². The van der Waals surface area contributed by atoms with Gasteiger partial charge in [-0.25, -0.2) is 4.79 Å². The van der Waals surface area contributed by atoms with Crippen molar-refractivity contribution >= 4 is 27.7 Å². The Morgan fingerprint density at radius 2 is 1.88 bits per heavy atom. The van der Waals surface area contributed by atoms with E-state index in [1.165, 1.54) is 26.4 Å². The van der Waals surface area contributed by atoms with Crippen LogP contribution in [0.15, 0.2) is 16.6 Å². The molecule has 1 aromatic rings. The second kappa shape index (κ2) is 4.98. The molecule has 16 heavy (non-hydrogen) atoms. The van der Waals surface area contributed by atoms with Gasteiger partial charge in [0.05, 0.1) is 18.7 Å². The van der Waals surface area contributed by atoms with Gasteiger partial charge >= 0.3 is 5.97 Å². The van der Waals surface area contributed by atoms with Gasteiger partial charge in [0.25, 0.3) is 5.78 Å². The van der Waals surface area contributed by atoms with Crippen molar-refractivity contribution in [2.24, 2.45) is 0 Å². The summed E-state index contributed by atoms with van der Waals surface area (Å²) in [5.74, 6) is -1.81. The lowest BCUT2D eigenvalue weighted by atomic mass is 10.1. The first-order chi connectivity index (χ1) is 7.51. The quantitative estimate of drug-likeness (QED) is 0.675. The number of benzene rings is 1. The van der Waals surface area contributed by atoms with Crippen LogP contribution >= 0.6 is 15.9 Å². The van der Waals surface area contributed by atoms with Crippen molar-refractivity contribution in [3.05, 3.63) is 22.2 Å². The van der Waals surface area contributed by atoms with E-state index in [1.807, 2.05) is 0 Å². The molecule has 1 rings (SSSR count). The minimum absolute atomic E-state index is 0.0250. The van der Waals surface area contributed by atoms with E-state index in [0.717, 1.165) is 0 Å². The molecule has 0 fully saturated rings. The predicted molar refractivity (Wildman–Crippen MR) is 59.2 cm³/mol. The van der Waals surface area contributed by atoms with Gasteiger partial charge in [0.1, 0.15) is 0 Å². The number of aliphatic carboxylic acids is 1. The number of rotatable bonds is 4. The maximum Gasteiger partial charge on any atom is 0.377 e. The lowest BCUT2D eigenvalue weighted by Gasteiger charge is -2.10. The zero-order chi connectivity index (χ0) is 12.3. The highest BCUT2D eigenvalue weighted by Gasteiger charge is 2.19. The van der Waals surface area contributed by atoms with Crippen LogP contribution in [0, 0.1) is 0 Å². The summed E-state index contributed by atoms with van der Waals surface area (Å²) in [5, 5.41) is 8.58. The molecule has 1 N–H and O–H groups in total. The summed E-state index contributed by atoms with van der Waals surface area (Å²) < 4.78 is 10.5. The molecule has 0 saturated carbocycles. The van der Waals surface area contributed by atoms with Gasteiger partial charge in [-0.3, -0.25) is 4.79 Å². The van der Waals surface area contributed by atoms with Crippen molar-refractivity contribution in [3.63, 3.8) is 0 Å². The zero-order valence-corrected chi connectivity index (χ0v) is 10.2. The predicted octanol–water partition coefficient (Wildman–Crippen LogP) is 1.73. The van der Waals surface area contributed by atoms with Gasteiger partial charge in [0, 0.05) is 5.56 Å². The molecule has 0 unspecified atom stereocenters. The van der Waals surface area contributed by atoms with E-state index in [0.29, 0.717) is 16.0 Å². The van der Waals surface area contributed by atoms with Crippen LogP contribution in [-0.4, -0.2) is 31.1 Å². The summed E-state index contributed by atoms with van der Waals surface area (Å²) in [6.45, 7) is 0. The first-order valence-electron chi connectivity index (χ1n) is 4.20. The lowest BCUT2D eigenvalue weighted by molar-refractivity contribution is -0.131. The van der Waals surface area contributed by atoms with Crippen molar-refractivity contribution in [2.75, 3.05) is 14.2 Å². The highest BCUT2D eigenvalue weighted by Crippen LogP contribution is 2.36. The molecule has 6 heteroatoms. The normalized spacial score (nSPS) is 9.69. The maximum absolute atomic E-state index is 11.2. The summed E-state index contributed by atoms with van der Waals surface area (Å²) >= 11 is 3.17. The number of hydrogen-bond acceptors (Lipinski definition) is 4. The van der Waals surface area contributed by atoms with E-state index in [4.69, 9.17) is 14.6 Å². The summed E-state index contributed by atoms with van der Waals surface area (Å²) in [6, 6.07) is 2.69. The highest BCUT2D eigenvalue weighted by atomic mass is 79.9. The van der Waals surface area contributed by atoms with Crippen LogP contribution < -0.4 is 9.47 Å². The topological polar surface area (TPSA) is 72.8 Å². The van der Waals surface area contributed by atoms with Gasteiger partial charge in [0.2, 0.25) is 0 Å². The van der Waals surface area contributed by atoms with Gasteiger partial charge in [0.15, 0.2) is 11.5 Å². The van der Waals surface area contributed by atoms with Crippen LogP contribution in [0.4, 0.5) is 0 Å². The van der Waals surface area contributed by atoms with Crippen molar-refractivity contribution in [2.45, 2.75) is 0 Å². The molecule has 0 bridgehead atoms. The Morgan fingerprint density at radius 1 is 1.25 bits per heavy atom. The van der Waals surface area contributed by atoms with Crippen LogP contribution in [0.25, 0.3) is 0 Å².